The van der Waals surface area contributed by atoms with Crippen molar-refractivity contribution in [1.29, 1.82) is 0 Å². The van der Waals surface area contributed by atoms with Gasteiger partial charge in [-0.25, -0.2) is 9.97 Å². The van der Waals surface area contributed by atoms with E-state index in [0.29, 0.717) is 0 Å². The average Bonchev–Trinajstić information content (AvgIpc) is 2.52. The van der Waals surface area contributed by atoms with Crippen molar-refractivity contribution in [1.82, 2.24) is 15.3 Å². The third kappa shape index (κ3) is 4.21. The summed E-state index contributed by atoms with van der Waals surface area (Å²) < 4.78 is 5.34. The first-order valence-corrected chi connectivity index (χ1v) is 7.73. The molecule has 0 spiro atoms. The molecule has 0 fully saturated rings. The summed E-state index contributed by atoms with van der Waals surface area (Å²) >= 11 is 1.55. The van der Waals surface area contributed by atoms with Crippen LogP contribution in [0.5, 0.6) is 5.75 Å². The van der Waals surface area contributed by atoms with E-state index in [0.717, 1.165) is 36.0 Å². The standard InChI is InChI=1S/C15H19N3OS/c1-19-14-6-4-3-5-13(14)7-8-16-9-12-10-17-15(20-2)18-11-12/h3-6,10-11,16H,7-9H2,1-2H3. The van der Waals surface area contributed by atoms with Gasteiger partial charge in [0.15, 0.2) is 5.16 Å². The minimum atomic E-state index is 0.782. The maximum Gasteiger partial charge on any atom is 0.187 e. The molecule has 0 amide bonds. The van der Waals surface area contributed by atoms with Crippen LogP contribution in [0.2, 0.25) is 0 Å². The minimum absolute atomic E-state index is 0.782. The van der Waals surface area contributed by atoms with E-state index >= 15 is 0 Å². The van der Waals surface area contributed by atoms with Gasteiger partial charge in [-0.2, -0.15) is 0 Å². The molecule has 2 aromatic rings. The molecule has 0 bridgehead atoms. The van der Waals surface area contributed by atoms with Gasteiger partial charge in [-0.3, -0.25) is 0 Å². The quantitative estimate of drug-likeness (QED) is 0.482. The molecular weight excluding hydrogens is 270 g/mol. The van der Waals surface area contributed by atoms with Crippen molar-refractivity contribution < 1.29 is 4.74 Å². The number of benzene rings is 1. The number of rotatable bonds is 7. The monoisotopic (exact) mass is 289 g/mol. The highest BCUT2D eigenvalue weighted by atomic mass is 32.2. The Bertz CT molecular complexity index is 531. The molecule has 0 saturated heterocycles. The summed E-state index contributed by atoms with van der Waals surface area (Å²) in [6.45, 7) is 1.68. The number of hydrogen-bond donors (Lipinski definition) is 1. The number of aromatic nitrogens is 2. The topological polar surface area (TPSA) is 47.0 Å². The molecule has 0 radical (unpaired) electrons. The van der Waals surface area contributed by atoms with Gasteiger partial charge in [0.2, 0.25) is 0 Å². The Labute approximate surface area is 124 Å². The van der Waals surface area contributed by atoms with Crippen molar-refractivity contribution >= 4 is 11.8 Å². The normalized spacial score (nSPS) is 10.5. The lowest BCUT2D eigenvalue weighted by molar-refractivity contribution is 0.409. The summed E-state index contributed by atoms with van der Waals surface area (Å²) in [5, 5.41) is 4.20. The van der Waals surface area contributed by atoms with Gasteiger partial charge in [0.1, 0.15) is 5.75 Å². The van der Waals surface area contributed by atoms with Gasteiger partial charge < -0.3 is 10.1 Å². The van der Waals surface area contributed by atoms with E-state index in [-0.39, 0.29) is 0 Å². The molecule has 4 nitrogen and oxygen atoms in total. The SMILES string of the molecule is COc1ccccc1CCNCc1cnc(SC)nc1. The van der Waals surface area contributed by atoms with Crippen LogP contribution in [0.3, 0.4) is 0 Å². The fourth-order valence-electron chi connectivity index (χ4n) is 1.90. The number of methoxy groups -OCH3 is 1. The zero-order chi connectivity index (χ0) is 14.2. The molecule has 0 aliphatic heterocycles. The van der Waals surface area contributed by atoms with Crippen LogP contribution in [0, 0.1) is 0 Å². The minimum Gasteiger partial charge on any atom is -0.496 e. The second kappa shape index (κ2) is 7.87. The summed E-state index contributed by atoms with van der Waals surface area (Å²) in [6.07, 6.45) is 6.65. The van der Waals surface area contributed by atoms with Crippen LogP contribution in [-0.2, 0) is 13.0 Å². The molecule has 1 heterocycles. The Hall–Kier alpha value is -1.59. The summed E-state index contributed by atoms with van der Waals surface area (Å²) in [5.41, 5.74) is 2.32. The van der Waals surface area contributed by atoms with Crippen molar-refractivity contribution in [3.63, 3.8) is 0 Å². The lowest BCUT2D eigenvalue weighted by Gasteiger charge is -2.09. The molecule has 1 aromatic heterocycles. The fourth-order valence-corrected chi connectivity index (χ4v) is 2.22. The molecule has 1 aromatic carbocycles. The Morgan fingerprint density at radius 1 is 1.20 bits per heavy atom. The molecule has 2 rings (SSSR count). The van der Waals surface area contributed by atoms with E-state index in [1.807, 2.05) is 36.8 Å². The van der Waals surface area contributed by atoms with Crippen molar-refractivity contribution in [3.8, 4) is 5.75 Å². The summed E-state index contributed by atoms with van der Waals surface area (Å²) in [4.78, 5) is 8.51. The van der Waals surface area contributed by atoms with Crippen LogP contribution in [0.4, 0.5) is 0 Å². The largest absolute Gasteiger partial charge is 0.496 e. The number of nitrogens with one attached hydrogen (secondary N) is 1. The first-order valence-electron chi connectivity index (χ1n) is 6.51. The van der Waals surface area contributed by atoms with Crippen molar-refractivity contribution in [2.45, 2.75) is 18.1 Å². The van der Waals surface area contributed by atoms with E-state index in [2.05, 4.69) is 21.4 Å². The van der Waals surface area contributed by atoms with Crippen LogP contribution in [0.15, 0.2) is 41.8 Å². The predicted octanol–water partition coefficient (Wildman–Crippen LogP) is 2.54. The van der Waals surface area contributed by atoms with Gasteiger partial charge in [0, 0.05) is 24.5 Å². The maximum atomic E-state index is 5.34. The number of para-hydroxylation sites is 1. The molecule has 20 heavy (non-hydrogen) atoms. The highest BCUT2D eigenvalue weighted by Gasteiger charge is 2.01. The van der Waals surface area contributed by atoms with Crippen molar-refractivity contribution in [2.24, 2.45) is 0 Å². The second-order valence-electron chi connectivity index (χ2n) is 4.32. The summed E-state index contributed by atoms with van der Waals surface area (Å²) in [7, 11) is 1.71. The van der Waals surface area contributed by atoms with Gasteiger partial charge in [0.05, 0.1) is 7.11 Å². The second-order valence-corrected chi connectivity index (χ2v) is 5.09. The Morgan fingerprint density at radius 2 is 1.95 bits per heavy atom. The van der Waals surface area contributed by atoms with Crippen molar-refractivity contribution in [2.75, 3.05) is 19.9 Å². The first kappa shape index (κ1) is 14.8. The zero-order valence-corrected chi connectivity index (χ0v) is 12.6. The molecule has 0 unspecified atom stereocenters. The smallest absolute Gasteiger partial charge is 0.187 e. The Morgan fingerprint density at radius 3 is 2.65 bits per heavy atom. The van der Waals surface area contributed by atoms with Crippen molar-refractivity contribution in [3.05, 3.63) is 47.8 Å². The third-order valence-corrected chi connectivity index (χ3v) is 3.53. The van der Waals surface area contributed by atoms with Crippen LogP contribution in [0.1, 0.15) is 11.1 Å². The number of thioether (sulfide) groups is 1. The molecule has 0 saturated carbocycles. The number of ether oxygens (including phenoxy) is 1. The molecule has 0 aliphatic rings. The first-order chi connectivity index (χ1) is 9.83. The number of nitrogens with zero attached hydrogens (tertiary/aromatic N) is 2. The van der Waals surface area contributed by atoms with Gasteiger partial charge >= 0.3 is 0 Å². The highest BCUT2D eigenvalue weighted by Crippen LogP contribution is 2.17. The van der Waals surface area contributed by atoms with Gasteiger partial charge in [0.25, 0.3) is 0 Å². The Kier molecular flexibility index (Phi) is 5.83. The molecular formula is C15H19N3OS. The maximum absolute atomic E-state index is 5.34. The fraction of sp³-hybridized carbons (Fsp3) is 0.333. The van der Waals surface area contributed by atoms with E-state index in [1.54, 1.807) is 18.9 Å². The predicted molar refractivity (Wildman–Crippen MR) is 82.2 cm³/mol. The Balaban J connectivity index is 1.78. The van der Waals surface area contributed by atoms with Gasteiger partial charge in [-0.1, -0.05) is 30.0 Å². The van der Waals surface area contributed by atoms with E-state index in [9.17, 15) is 0 Å². The summed E-state index contributed by atoms with van der Waals surface area (Å²) in [5.74, 6) is 0.946. The lowest BCUT2D eigenvalue weighted by Crippen LogP contribution is -2.17. The average molecular weight is 289 g/mol. The van der Waals surface area contributed by atoms with E-state index in [4.69, 9.17) is 4.74 Å². The van der Waals surface area contributed by atoms with Crippen LogP contribution < -0.4 is 10.1 Å². The van der Waals surface area contributed by atoms with Crippen LogP contribution in [0.25, 0.3) is 0 Å². The lowest BCUT2D eigenvalue weighted by atomic mass is 10.1. The molecule has 1 N–H and O–H groups in total. The highest BCUT2D eigenvalue weighted by molar-refractivity contribution is 7.98. The van der Waals surface area contributed by atoms with Gasteiger partial charge in [-0.15, -0.1) is 0 Å². The molecule has 5 heteroatoms. The van der Waals surface area contributed by atoms with Crippen LogP contribution >= 0.6 is 11.8 Å². The molecule has 106 valence electrons. The van der Waals surface area contributed by atoms with E-state index in [1.165, 1.54) is 5.56 Å². The summed E-state index contributed by atoms with van der Waals surface area (Å²) in [6, 6.07) is 8.11. The van der Waals surface area contributed by atoms with Gasteiger partial charge in [-0.05, 0) is 30.9 Å². The number of hydrogen-bond acceptors (Lipinski definition) is 5. The third-order valence-electron chi connectivity index (χ3n) is 2.96. The zero-order valence-electron chi connectivity index (χ0n) is 11.8. The van der Waals surface area contributed by atoms with Crippen LogP contribution in [-0.4, -0.2) is 29.9 Å². The molecule has 0 aliphatic carbocycles. The molecule has 0 atom stereocenters. The van der Waals surface area contributed by atoms with E-state index < -0.39 is 0 Å².